The second-order valence-corrected chi connectivity index (χ2v) is 4.67. The van der Waals surface area contributed by atoms with Crippen molar-refractivity contribution in [3.8, 4) is 0 Å². The molecule has 0 aromatic carbocycles. The third-order valence-corrected chi connectivity index (χ3v) is 3.04. The summed E-state index contributed by atoms with van der Waals surface area (Å²) in [4.78, 5) is 0. The molecular formula is C11H21F2N. The van der Waals surface area contributed by atoms with Crippen LogP contribution in [-0.4, -0.2) is 18.5 Å². The van der Waals surface area contributed by atoms with E-state index in [9.17, 15) is 8.78 Å². The van der Waals surface area contributed by atoms with Crippen molar-refractivity contribution in [2.45, 2.75) is 57.9 Å². The van der Waals surface area contributed by atoms with Gasteiger partial charge in [-0.05, 0) is 18.8 Å². The summed E-state index contributed by atoms with van der Waals surface area (Å²) < 4.78 is 25.3. The molecule has 1 aliphatic carbocycles. The summed E-state index contributed by atoms with van der Waals surface area (Å²) in [5.41, 5.74) is 0. The minimum Gasteiger partial charge on any atom is -0.308 e. The number of rotatable bonds is 3. The lowest BCUT2D eigenvalue weighted by molar-refractivity contribution is 0.0178. The molecule has 0 spiro atoms. The molecule has 0 saturated heterocycles. The highest BCUT2D eigenvalue weighted by atomic mass is 19.3. The van der Waals surface area contributed by atoms with Crippen LogP contribution < -0.4 is 5.32 Å². The van der Waals surface area contributed by atoms with Crippen LogP contribution in [0.1, 0.15) is 46.0 Å². The molecule has 0 aromatic heterocycles. The average molecular weight is 205 g/mol. The van der Waals surface area contributed by atoms with Crippen molar-refractivity contribution in [3.05, 3.63) is 0 Å². The van der Waals surface area contributed by atoms with Crippen molar-refractivity contribution in [2.24, 2.45) is 5.92 Å². The van der Waals surface area contributed by atoms with Crippen molar-refractivity contribution >= 4 is 0 Å². The third kappa shape index (κ3) is 4.36. The van der Waals surface area contributed by atoms with E-state index in [2.05, 4.69) is 12.2 Å². The Morgan fingerprint density at radius 1 is 1.21 bits per heavy atom. The fourth-order valence-electron chi connectivity index (χ4n) is 2.11. The minimum absolute atomic E-state index is 0.179. The Bertz CT molecular complexity index is 165. The highest BCUT2D eigenvalue weighted by Gasteiger charge is 2.25. The van der Waals surface area contributed by atoms with Crippen LogP contribution in [0.3, 0.4) is 0 Å². The Hall–Kier alpha value is -0.180. The smallest absolute Gasteiger partial charge is 0.257 e. The van der Waals surface area contributed by atoms with E-state index in [4.69, 9.17) is 0 Å². The van der Waals surface area contributed by atoms with Crippen LogP contribution in [0.15, 0.2) is 0 Å². The van der Waals surface area contributed by atoms with Gasteiger partial charge >= 0.3 is 0 Å². The van der Waals surface area contributed by atoms with Gasteiger partial charge in [0.05, 0.1) is 6.54 Å². The Morgan fingerprint density at radius 2 is 1.86 bits per heavy atom. The molecule has 1 N–H and O–H groups in total. The molecule has 1 aliphatic rings. The van der Waals surface area contributed by atoms with Gasteiger partial charge < -0.3 is 5.32 Å². The first kappa shape index (κ1) is 11.9. The fourth-order valence-corrected chi connectivity index (χ4v) is 2.11. The third-order valence-electron chi connectivity index (χ3n) is 3.04. The van der Waals surface area contributed by atoms with E-state index in [1.165, 1.54) is 25.7 Å². The maximum atomic E-state index is 12.6. The van der Waals surface area contributed by atoms with E-state index in [0.29, 0.717) is 12.0 Å². The quantitative estimate of drug-likeness (QED) is 0.698. The molecule has 0 amide bonds. The van der Waals surface area contributed by atoms with Gasteiger partial charge in [-0.1, -0.05) is 26.2 Å². The number of halogens is 2. The summed E-state index contributed by atoms with van der Waals surface area (Å²) in [7, 11) is 0. The average Bonchev–Trinajstić information content (AvgIpc) is 2.25. The molecule has 0 heterocycles. The van der Waals surface area contributed by atoms with Gasteiger partial charge in [0.1, 0.15) is 0 Å². The number of hydrogen-bond acceptors (Lipinski definition) is 1. The normalized spacial score (nSPS) is 30.0. The van der Waals surface area contributed by atoms with Crippen LogP contribution in [0.25, 0.3) is 0 Å². The molecule has 84 valence electrons. The Balaban J connectivity index is 2.33. The zero-order valence-electron chi connectivity index (χ0n) is 9.15. The molecule has 2 unspecified atom stereocenters. The first-order valence-electron chi connectivity index (χ1n) is 5.60. The van der Waals surface area contributed by atoms with Crippen molar-refractivity contribution < 1.29 is 8.78 Å². The maximum Gasteiger partial charge on any atom is 0.257 e. The minimum atomic E-state index is -2.58. The number of hydrogen-bond donors (Lipinski definition) is 1. The van der Waals surface area contributed by atoms with Gasteiger partial charge in [-0.25, -0.2) is 8.78 Å². The van der Waals surface area contributed by atoms with Crippen LogP contribution in [0, 0.1) is 5.92 Å². The van der Waals surface area contributed by atoms with Crippen LogP contribution in [0.2, 0.25) is 0 Å². The van der Waals surface area contributed by atoms with Gasteiger partial charge in [0.2, 0.25) is 0 Å². The predicted molar refractivity (Wildman–Crippen MR) is 54.7 cm³/mol. The molecule has 1 saturated carbocycles. The molecule has 3 heteroatoms. The second kappa shape index (κ2) is 5.06. The fraction of sp³-hybridized carbons (Fsp3) is 1.00. The topological polar surface area (TPSA) is 12.0 Å². The second-order valence-electron chi connectivity index (χ2n) is 4.67. The summed E-state index contributed by atoms with van der Waals surface area (Å²) in [5.74, 6) is -2.04. The van der Waals surface area contributed by atoms with E-state index >= 15 is 0 Å². The van der Waals surface area contributed by atoms with Crippen molar-refractivity contribution in [1.29, 1.82) is 0 Å². The molecule has 0 bridgehead atoms. The summed E-state index contributed by atoms with van der Waals surface area (Å²) in [6.45, 7) is 2.96. The Labute approximate surface area is 85.3 Å². The lowest BCUT2D eigenvalue weighted by Gasteiger charge is -2.24. The Morgan fingerprint density at radius 3 is 2.50 bits per heavy atom. The van der Waals surface area contributed by atoms with Crippen LogP contribution in [-0.2, 0) is 0 Å². The highest BCUT2D eigenvalue weighted by Crippen LogP contribution is 2.23. The molecule has 0 aromatic rings. The van der Waals surface area contributed by atoms with E-state index in [0.717, 1.165) is 13.3 Å². The zero-order chi connectivity index (χ0) is 10.6. The van der Waals surface area contributed by atoms with E-state index < -0.39 is 5.92 Å². The molecule has 1 fully saturated rings. The molecule has 1 rings (SSSR count). The van der Waals surface area contributed by atoms with Gasteiger partial charge in [-0.15, -0.1) is 0 Å². The van der Waals surface area contributed by atoms with Gasteiger partial charge in [0.25, 0.3) is 5.92 Å². The van der Waals surface area contributed by atoms with E-state index in [-0.39, 0.29) is 6.54 Å². The van der Waals surface area contributed by atoms with Crippen LogP contribution in [0.4, 0.5) is 8.78 Å². The summed E-state index contributed by atoms with van der Waals surface area (Å²) in [5, 5.41) is 3.00. The van der Waals surface area contributed by atoms with Crippen LogP contribution >= 0.6 is 0 Å². The van der Waals surface area contributed by atoms with E-state index in [1.54, 1.807) is 0 Å². The molecular weight excluding hydrogens is 184 g/mol. The van der Waals surface area contributed by atoms with Gasteiger partial charge in [0, 0.05) is 13.0 Å². The molecule has 0 aliphatic heterocycles. The Kier molecular flexibility index (Phi) is 4.30. The lowest BCUT2D eigenvalue weighted by Crippen LogP contribution is -2.40. The van der Waals surface area contributed by atoms with Gasteiger partial charge in [0.15, 0.2) is 0 Å². The molecule has 2 atom stereocenters. The number of alkyl halides is 2. The summed E-state index contributed by atoms with van der Waals surface area (Å²) in [6, 6.07) is 0.295. The first-order valence-corrected chi connectivity index (χ1v) is 5.60. The van der Waals surface area contributed by atoms with Crippen LogP contribution in [0.5, 0.6) is 0 Å². The monoisotopic (exact) mass is 205 g/mol. The predicted octanol–water partition coefficient (Wildman–Crippen LogP) is 3.20. The van der Waals surface area contributed by atoms with Crippen molar-refractivity contribution in [1.82, 2.24) is 5.32 Å². The lowest BCUT2D eigenvalue weighted by atomic mass is 9.97. The van der Waals surface area contributed by atoms with Gasteiger partial charge in [-0.3, -0.25) is 0 Å². The van der Waals surface area contributed by atoms with Crippen molar-refractivity contribution in [2.75, 3.05) is 6.54 Å². The standard InChI is InChI=1S/C11H21F2N/c1-9-6-4-3-5-7-10(9)14-8-11(2,12)13/h9-10,14H,3-8H2,1-2H3. The first-order chi connectivity index (χ1) is 6.49. The summed E-state index contributed by atoms with van der Waals surface area (Å²) in [6.07, 6.45) is 5.91. The maximum absolute atomic E-state index is 12.6. The van der Waals surface area contributed by atoms with Gasteiger partial charge in [-0.2, -0.15) is 0 Å². The zero-order valence-corrected chi connectivity index (χ0v) is 9.15. The molecule has 0 radical (unpaired) electrons. The largest absolute Gasteiger partial charge is 0.308 e. The molecule has 1 nitrogen and oxygen atoms in total. The molecule has 14 heavy (non-hydrogen) atoms. The number of nitrogens with one attached hydrogen (secondary N) is 1. The summed E-state index contributed by atoms with van der Waals surface area (Å²) >= 11 is 0. The van der Waals surface area contributed by atoms with E-state index in [1.807, 2.05) is 0 Å². The van der Waals surface area contributed by atoms with Crippen molar-refractivity contribution in [3.63, 3.8) is 0 Å². The SMILES string of the molecule is CC1CCCCCC1NCC(C)(F)F. The highest BCUT2D eigenvalue weighted by molar-refractivity contribution is 4.78.